The molecule has 3 N–H and O–H groups in total. The molecular weight excluding hydrogens is 288 g/mol. The number of urea groups is 1. The molecule has 0 saturated carbocycles. The highest BCUT2D eigenvalue weighted by Gasteiger charge is 2.49. The molecule has 22 heavy (non-hydrogen) atoms. The largest absolute Gasteiger partial charge is 0.383 e. The van der Waals surface area contributed by atoms with Gasteiger partial charge in [0, 0.05) is 26.7 Å². The van der Waals surface area contributed by atoms with Gasteiger partial charge in [0.05, 0.1) is 6.61 Å². The first-order chi connectivity index (χ1) is 10.5. The van der Waals surface area contributed by atoms with E-state index in [4.69, 9.17) is 4.74 Å². The van der Waals surface area contributed by atoms with Crippen LogP contribution in [0.15, 0.2) is 0 Å². The highest BCUT2D eigenvalue weighted by Crippen LogP contribution is 2.24. The second-order valence-corrected chi connectivity index (χ2v) is 5.20. The van der Waals surface area contributed by atoms with E-state index >= 15 is 0 Å². The van der Waals surface area contributed by atoms with E-state index in [9.17, 15) is 14.4 Å². The molecule has 0 aromatic carbocycles. The number of amides is 4. The van der Waals surface area contributed by atoms with E-state index in [0.717, 1.165) is 4.90 Å². The molecule has 1 saturated heterocycles. The fourth-order valence-electron chi connectivity index (χ4n) is 2.34. The van der Waals surface area contributed by atoms with Crippen molar-refractivity contribution in [3.63, 3.8) is 0 Å². The molecule has 0 unspecified atom stereocenters. The summed E-state index contributed by atoms with van der Waals surface area (Å²) in [5.74, 6) is -0.670. The molecule has 1 rings (SSSR count). The van der Waals surface area contributed by atoms with E-state index in [1.807, 2.05) is 13.8 Å². The van der Waals surface area contributed by atoms with E-state index < -0.39 is 11.6 Å². The fourth-order valence-corrected chi connectivity index (χ4v) is 2.34. The summed E-state index contributed by atoms with van der Waals surface area (Å²) >= 11 is 0. The zero-order chi connectivity index (χ0) is 16.6. The number of ether oxygens (including phenoxy) is 1. The zero-order valence-electron chi connectivity index (χ0n) is 13.5. The number of rotatable bonds is 10. The molecule has 1 aliphatic heterocycles. The van der Waals surface area contributed by atoms with Gasteiger partial charge in [0.1, 0.15) is 12.1 Å². The van der Waals surface area contributed by atoms with Gasteiger partial charge in [-0.05, 0) is 12.8 Å². The first kappa shape index (κ1) is 18.4. The van der Waals surface area contributed by atoms with Crippen molar-refractivity contribution in [1.82, 2.24) is 20.9 Å². The van der Waals surface area contributed by atoms with Gasteiger partial charge in [-0.2, -0.15) is 0 Å². The zero-order valence-corrected chi connectivity index (χ0v) is 13.5. The predicted molar refractivity (Wildman–Crippen MR) is 81.3 cm³/mol. The number of carbonyl (C=O) groups is 3. The van der Waals surface area contributed by atoms with Gasteiger partial charge >= 0.3 is 6.03 Å². The lowest BCUT2D eigenvalue weighted by molar-refractivity contribution is -0.135. The summed E-state index contributed by atoms with van der Waals surface area (Å²) in [5.41, 5.74) is -0.862. The highest BCUT2D eigenvalue weighted by atomic mass is 16.5. The van der Waals surface area contributed by atoms with Gasteiger partial charge in [-0.1, -0.05) is 13.8 Å². The summed E-state index contributed by atoms with van der Waals surface area (Å²) in [4.78, 5) is 37.0. The quantitative estimate of drug-likeness (QED) is 0.371. The second kappa shape index (κ2) is 8.70. The standard InChI is InChI=1S/C14H26N4O4/c1-4-14(5-2)12(20)18(13(21)17-14)10-11(19)16-7-6-15-8-9-22-3/h15H,4-10H2,1-3H3,(H,16,19)(H,17,21). The van der Waals surface area contributed by atoms with Crippen LogP contribution < -0.4 is 16.0 Å². The summed E-state index contributed by atoms with van der Waals surface area (Å²) in [6.45, 7) is 5.78. The number of nitrogens with one attached hydrogen (secondary N) is 3. The van der Waals surface area contributed by atoms with Gasteiger partial charge in [0.2, 0.25) is 5.91 Å². The van der Waals surface area contributed by atoms with Crippen LogP contribution in [0.1, 0.15) is 26.7 Å². The molecule has 1 aliphatic rings. The number of hydrogen-bond acceptors (Lipinski definition) is 5. The average molecular weight is 314 g/mol. The van der Waals surface area contributed by atoms with Gasteiger partial charge in [0.25, 0.3) is 5.91 Å². The van der Waals surface area contributed by atoms with Crippen LogP contribution in [0.2, 0.25) is 0 Å². The van der Waals surface area contributed by atoms with Crippen molar-refractivity contribution in [2.75, 3.05) is 39.9 Å². The van der Waals surface area contributed by atoms with Gasteiger partial charge in [0.15, 0.2) is 0 Å². The minimum absolute atomic E-state index is 0.246. The molecule has 0 aromatic rings. The number of hydrogen-bond donors (Lipinski definition) is 3. The maximum Gasteiger partial charge on any atom is 0.325 e. The smallest absolute Gasteiger partial charge is 0.325 e. The van der Waals surface area contributed by atoms with Crippen molar-refractivity contribution < 1.29 is 19.1 Å². The molecule has 1 fully saturated rings. The Bertz CT molecular complexity index is 410. The maximum atomic E-state index is 12.3. The van der Waals surface area contributed by atoms with Crippen LogP contribution in [0.25, 0.3) is 0 Å². The monoisotopic (exact) mass is 314 g/mol. The summed E-state index contributed by atoms with van der Waals surface area (Å²) in [6, 6.07) is -0.498. The third-order valence-electron chi connectivity index (χ3n) is 3.86. The minimum atomic E-state index is -0.862. The number of methoxy groups -OCH3 is 1. The van der Waals surface area contributed by atoms with Gasteiger partial charge in [-0.15, -0.1) is 0 Å². The van der Waals surface area contributed by atoms with Gasteiger partial charge in [-0.25, -0.2) is 4.79 Å². The van der Waals surface area contributed by atoms with E-state index in [0.29, 0.717) is 39.1 Å². The fraction of sp³-hybridized carbons (Fsp3) is 0.786. The van der Waals surface area contributed by atoms with Crippen molar-refractivity contribution >= 4 is 17.8 Å². The van der Waals surface area contributed by atoms with Crippen LogP contribution in [0.5, 0.6) is 0 Å². The van der Waals surface area contributed by atoms with Crippen LogP contribution in [-0.2, 0) is 14.3 Å². The molecule has 0 spiro atoms. The Kier molecular flexibility index (Phi) is 7.26. The third kappa shape index (κ3) is 4.41. The van der Waals surface area contributed by atoms with Crippen LogP contribution in [-0.4, -0.2) is 68.2 Å². The number of imide groups is 1. The Morgan fingerprint density at radius 3 is 2.45 bits per heavy atom. The van der Waals surface area contributed by atoms with Crippen LogP contribution in [0.4, 0.5) is 4.79 Å². The minimum Gasteiger partial charge on any atom is -0.383 e. The Morgan fingerprint density at radius 1 is 1.23 bits per heavy atom. The van der Waals surface area contributed by atoms with Crippen molar-refractivity contribution in [2.45, 2.75) is 32.2 Å². The lowest BCUT2D eigenvalue weighted by Gasteiger charge is -2.23. The SMILES string of the molecule is CCC1(CC)NC(=O)N(CC(=O)NCCNCCOC)C1=O. The van der Waals surface area contributed by atoms with Crippen molar-refractivity contribution in [1.29, 1.82) is 0 Å². The van der Waals surface area contributed by atoms with Gasteiger partial charge in [-0.3, -0.25) is 14.5 Å². The Morgan fingerprint density at radius 2 is 1.91 bits per heavy atom. The van der Waals surface area contributed by atoms with Crippen LogP contribution >= 0.6 is 0 Å². The van der Waals surface area contributed by atoms with E-state index in [-0.39, 0.29) is 18.4 Å². The van der Waals surface area contributed by atoms with Gasteiger partial charge < -0.3 is 20.7 Å². The van der Waals surface area contributed by atoms with Crippen LogP contribution in [0.3, 0.4) is 0 Å². The molecule has 1 heterocycles. The molecule has 8 nitrogen and oxygen atoms in total. The lowest BCUT2D eigenvalue weighted by Crippen LogP contribution is -2.47. The Labute approximate surface area is 130 Å². The summed E-state index contributed by atoms with van der Waals surface area (Å²) in [6.07, 6.45) is 1.02. The van der Waals surface area contributed by atoms with Crippen LogP contribution in [0, 0.1) is 0 Å². The average Bonchev–Trinajstić information content (AvgIpc) is 2.75. The summed E-state index contributed by atoms with van der Waals surface area (Å²) in [5, 5.41) is 8.45. The Balaban J connectivity index is 2.38. The highest BCUT2D eigenvalue weighted by molar-refractivity contribution is 6.08. The Hall–Kier alpha value is -1.67. The molecule has 4 amide bonds. The first-order valence-electron chi connectivity index (χ1n) is 7.61. The molecule has 0 aromatic heterocycles. The van der Waals surface area contributed by atoms with E-state index in [1.165, 1.54) is 0 Å². The number of nitrogens with zero attached hydrogens (tertiary/aromatic N) is 1. The molecule has 0 aliphatic carbocycles. The van der Waals surface area contributed by atoms with Crippen molar-refractivity contribution in [2.24, 2.45) is 0 Å². The molecule has 0 atom stereocenters. The van der Waals surface area contributed by atoms with Crippen molar-refractivity contribution in [3.05, 3.63) is 0 Å². The second-order valence-electron chi connectivity index (χ2n) is 5.20. The molecule has 126 valence electrons. The van der Waals surface area contributed by atoms with E-state index in [2.05, 4.69) is 16.0 Å². The lowest BCUT2D eigenvalue weighted by atomic mass is 9.93. The topological polar surface area (TPSA) is 99.8 Å². The first-order valence-corrected chi connectivity index (χ1v) is 7.61. The normalized spacial score (nSPS) is 16.8. The maximum absolute atomic E-state index is 12.3. The van der Waals surface area contributed by atoms with Crippen molar-refractivity contribution in [3.8, 4) is 0 Å². The molecule has 0 radical (unpaired) electrons. The molecule has 0 bridgehead atoms. The summed E-state index contributed by atoms with van der Waals surface area (Å²) in [7, 11) is 1.62. The van der Waals surface area contributed by atoms with E-state index in [1.54, 1.807) is 7.11 Å². The molecule has 8 heteroatoms. The predicted octanol–water partition coefficient (Wildman–Crippen LogP) is -0.551. The summed E-state index contributed by atoms with van der Waals surface area (Å²) < 4.78 is 4.88. The number of carbonyl (C=O) groups excluding carboxylic acids is 3. The third-order valence-corrected chi connectivity index (χ3v) is 3.86. The molecular formula is C14H26N4O4.